The lowest BCUT2D eigenvalue weighted by atomic mass is 10.2. The van der Waals surface area contributed by atoms with Crippen molar-refractivity contribution in [2.45, 2.75) is 32.5 Å². The number of carbonyl (C=O) groups is 1. The van der Waals surface area contributed by atoms with Crippen LogP contribution >= 0.6 is 0 Å². The van der Waals surface area contributed by atoms with E-state index in [1.54, 1.807) is 23.1 Å². The number of carbonyl (C=O) groups excluding carboxylic acids is 1. The molecule has 1 aliphatic rings. The van der Waals surface area contributed by atoms with E-state index in [0.29, 0.717) is 31.0 Å². The van der Waals surface area contributed by atoms with Gasteiger partial charge in [-0.05, 0) is 39.0 Å². The van der Waals surface area contributed by atoms with Gasteiger partial charge in [0.25, 0.3) is 0 Å². The van der Waals surface area contributed by atoms with Crippen LogP contribution < -0.4 is 10.4 Å². The summed E-state index contributed by atoms with van der Waals surface area (Å²) in [6.45, 7) is 7.12. The molecular formula is C19H23NO6. The zero-order valence-electron chi connectivity index (χ0n) is 15.2. The van der Waals surface area contributed by atoms with Gasteiger partial charge < -0.3 is 23.5 Å². The molecule has 1 saturated heterocycles. The van der Waals surface area contributed by atoms with Gasteiger partial charge in [-0.3, -0.25) is 0 Å². The van der Waals surface area contributed by atoms with Crippen LogP contribution in [-0.4, -0.2) is 49.0 Å². The number of benzene rings is 1. The third-order valence-electron chi connectivity index (χ3n) is 3.82. The molecular weight excluding hydrogens is 338 g/mol. The maximum Gasteiger partial charge on any atom is 0.410 e. The van der Waals surface area contributed by atoms with Crippen molar-refractivity contribution in [1.29, 1.82) is 0 Å². The van der Waals surface area contributed by atoms with Crippen LogP contribution in [0.2, 0.25) is 0 Å². The summed E-state index contributed by atoms with van der Waals surface area (Å²) in [6, 6.07) is 8.38. The lowest BCUT2D eigenvalue weighted by Gasteiger charge is -2.34. The van der Waals surface area contributed by atoms with Gasteiger partial charge in [-0.2, -0.15) is 0 Å². The van der Waals surface area contributed by atoms with Crippen molar-refractivity contribution in [3.05, 3.63) is 40.8 Å². The first-order valence-electron chi connectivity index (χ1n) is 8.56. The molecule has 7 heteroatoms. The predicted molar refractivity (Wildman–Crippen MR) is 95.5 cm³/mol. The van der Waals surface area contributed by atoms with Gasteiger partial charge in [-0.15, -0.1) is 0 Å². The van der Waals surface area contributed by atoms with E-state index in [0.717, 1.165) is 5.39 Å². The number of nitrogens with zero attached hydrogens (tertiary/aromatic N) is 1. The number of hydrogen-bond donors (Lipinski definition) is 0. The molecule has 0 saturated carbocycles. The van der Waals surface area contributed by atoms with Gasteiger partial charge in [0.2, 0.25) is 0 Å². The maximum absolute atomic E-state index is 12.2. The molecule has 1 fully saturated rings. The van der Waals surface area contributed by atoms with E-state index in [1.165, 1.54) is 6.07 Å². The van der Waals surface area contributed by atoms with Crippen LogP contribution in [-0.2, 0) is 9.47 Å². The molecule has 7 nitrogen and oxygen atoms in total. The second kappa shape index (κ2) is 7.37. The highest BCUT2D eigenvalue weighted by molar-refractivity contribution is 5.77. The minimum atomic E-state index is -0.531. The molecule has 0 aliphatic carbocycles. The summed E-state index contributed by atoms with van der Waals surface area (Å²) in [5, 5.41) is 0.821. The van der Waals surface area contributed by atoms with Gasteiger partial charge in [-0.25, -0.2) is 9.59 Å². The van der Waals surface area contributed by atoms with Crippen LogP contribution in [0.25, 0.3) is 11.0 Å². The highest BCUT2D eigenvalue weighted by Crippen LogP contribution is 2.20. The molecule has 1 atom stereocenters. The summed E-state index contributed by atoms with van der Waals surface area (Å²) in [7, 11) is 0. The number of morpholine rings is 1. The Morgan fingerprint density at radius 3 is 2.81 bits per heavy atom. The minimum absolute atomic E-state index is 0.255. The Morgan fingerprint density at radius 2 is 2.04 bits per heavy atom. The van der Waals surface area contributed by atoms with E-state index in [2.05, 4.69) is 0 Å². The first kappa shape index (κ1) is 18.3. The van der Waals surface area contributed by atoms with Crippen molar-refractivity contribution in [3.63, 3.8) is 0 Å². The summed E-state index contributed by atoms with van der Waals surface area (Å²) < 4.78 is 22.0. The summed E-state index contributed by atoms with van der Waals surface area (Å²) in [5.41, 5.74) is -0.468. The highest BCUT2D eigenvalue weighted by Gasteiger charge is 2.28. The lowest BCUT2D eigenvalue weighted by Crippen LogP contribution is -2.49. The van der Waals surface area contributed by atoms with E-state index in [1.807, 2.05) is 26.8 Å². The molecule has 2 aromatic rings. The van der Waals surface area contributed by atoms with Gasteiger partial charge in [0.15, 0.2) is 0 Å². The topological polar surface area (TPSA) is 78.2 Å². The number of fused-ring (bicyclic) bond motifs is 1. The molecule has 1 aromatic carbocycles. The quantitative estimate of drug-likeness (QED) is 0.783. The Balaban J connectivity index is 1.59. The Labute approximate surface area is 151 Å². The van der Waals surface area contributed by atoms with Crippen molar-refractivity contribution in [1.82, 2.24) is 4.90 Å². The largest absolute Gasteiger partial charge is 0.491 e. The van der Waals surface area contributed by atoms with Gasteiger partial charge in [0, 0.05) is 24.1 Å². The summed E-state index contributed by atoms with van der Waals surface area (Å²) in [6.07, 6.45) is -0.604. The predicted octanol–water partition coefficient (Wildman–Crippen LogP) is 2.81. The van der Waals surface area contributed by atoms with Crippen molar-refractivity contribution < 1.29 is 23.4 Å². The van der Waals surface area contributed by atoms with Crippen molar-refractivity contribution in [2.24, 2.45) is 0 Å². The Morgan fingerprint density at radius 1 is 1.27 bits per heavy atom. The molecule has 2 heterocycles. The Hall–Kier alpha value is -2.54. The van der Waals surface area contributed by atoms with Crippen molar-refractivity contribution in [2.75, 3.05) is 26.3 Å². The lowest BCUT2D eigenvalue weighted by molar-refractivity contribution is -0.0557. The smallest absolute Gasteiger partial charge is 0.410 e. The average molecular weight is 361 g/mol. The fraction of sp³-hybridized carbons (Fsp3) is 0.474. The molecule has 1 unspecified atom stereocenters. The SMILES string of the molecule is CC(C)(C)OC(=O)N1CCOC(COc2ccc3ccc(=O)oc3c2)C1. The monoisotopic (exact) mass is 361 g/mol. The van der Waals surface area contributed by atoms with E-state index in [-0.39, 0.29) is 18.8 Å². The summed E-state index contributed by atoms with van der Waals surface area (Å²) in [4.78, 5) is 25.1. The zero-order chi connectivity index (χ0) is 18.7. The zero-order valence-corrected chi connectivity index (χ0v) is 15.2. The number of amides is 1. The van der Waals surface area contributed by atoms with Crippen molar-refractivity contribution >= 4 is 17.1 Å². The van der Waals surface area contributed by atoms with Crippen LogP contribution in [0.5, 0.6) is 5.75 Å². The highest BCUT2D eigenvalue weighted by atomic mass is 16.6. The maximum atomic E-state index is 12.2. The third kappa shape index (κ3) is 4.76. The molecule has 0 spiro atoms. The molecule has 0 N–H and O–H groups in total. The van der Waals surface area contributed by atoms with Crippen LogP contribution in [0.3, 0.4) is 0 Å². The van der Waals surface area contributed by atoms with Crippen LogP contribution in [0.4, 0.5) is 4.79 Å². The normalized spacial score (nSPS) is 18.0. The summed E-state index contributed by atoms with van der Waals surface area (Å²) in [5.74, 6) is 0.574. The Bertz CT molecular complexity index is 838. The molecule has 0 radical (unpaired) electrons. The molecule has 1 amide bonds. The van der Waals surface area contributed by atoms with Gasteiger partial charge >= 0.3 is 11.7 Å². The molecule has 140 valence electrons. The second-order valence-electron chi connectivity index (χ2n) is 7.18. The first-order valence-corrected chi connectivity index (χ1v) is 8.56. The number of rotatable bonds is 3. The van der Waals surface area contributed by atoms with E-state index < -0.39 is 11.2 Å². The second-order valence-corrected chi connectivity index (χ2v) is 7.18. The fourth-order valence-electron chi connectivity index (χ4n) is 2.63. The van der Waals surface area contributed by atoms with Gasteiger partial charge in [0.05, 0.1) is 13.2 Å². The summed E-state index contributed by atoms with van der Waals surface area (Å²) >= 11 is 0. The van der Waals surface area contributed by atoms with E-state index >= 15 is 0 Å². The number of hydrogen-bond acceptors (Lipinski definition) is 6. The molecule has 26 heavy (non-hydrogen) atoms. The van der Waals surface area contributed by atoms with Gasteiger partial charge in [0.1, 0.15) is 29.6 Å². The van der Waals surface area contributed by atoms with Crippen molar-refractivity contribution in [3.8, 4) is 5.75 Å². The van der Waals surface area contributed by atoms with Crippen LogP contribution in [0, 0.1) is 0 Å². The number of ether oxygens (including phenoxy) is 3. The van der Waals surface area contributed by atoms with Gasteiger partial charge in [-0.1, -0.05) is 0 Å². The third-order valence-corrected chi connectivity index (χ3v) is 3.82. The molecule has 1 aromatic heterocycles. The Kier molecular flexibility index (Phi) is 5.18. The van der Waals surface area contributed by atoms with E-state index in [4.69, 9.17) is 18.6 Å². The average Bonchev–Trinajstić information content (AvgIpc) is 2.58. The van der Waals surface area contributed by atoms with Crippen LogP contribution in [0.1, 0.15) is 20.8 Å². The first-order chi connectivity index (χ1) is 12.3. The van der Waals surface area contributed by atoms with E-state index in [9.17, 15) is 9.59 Å². The molecule has 3 rings (SSSR count). The molecule has 1 aliphatic heterocycles. The minimum Gasteiger partial charge on any atom is -0.491 e. The standard InChI is InChI=1S/C19H23NO6/c1-19(2,3)26-18(22)20-8-9-23-15(11-20)12-24-14-6-4-13-5-7-17(21)25-16(13)10-14/h4-7,10,15H,8-9,11-12H2,1-3H3. The molecule has 0 bridgehead atoms. The fourth-order valence-corrected chi connectivity index (χ4v) is 2.63. The van der Waals surface area contributed by atoms with Crippen LogP contribution in [0.15, 0.2) is 39.5 Å².